The number of aliphatic hydroxyl groups excluding tert-OH is 2. The molecule has 4 rings (SSSR count). The molecule has 26 heavy (non-hydrogen) atoms. The summed E-state index contributed by atoms with van der Waals surface area (Å²) in [5.41, 5.74) is 0.470. The molecule has 3 N–H and O–H groups in total. The number of carbonyl (C=O) groups excluding carboxylic acids is 1. The van der Waals surface area contributed by atoms with E-state index in [1.165, 1.54) is 0 Å². The molecule has 2 aliphatic rings. The SMILES string of the molecule is CCCC(=O)Nc1nc(C)nc2c1ccn2[C@H]1C2C(O)[C@@H](CO)OC21F. The Labute approximate surface area is 149 Å². The van der Waals surface area contributed by atoms with Gasteiger partial charge in [0.1, 0.15) is 29.4 Å². The molecule has 2 aromatic heterocycles. The number of fused-ring (bicyclic) bond motifs is 2. The zero-order chi connectivity index (χ0) is 18.6. The van der Waals surface area contributed by atoms with Crippen LogP contribution in [0.2, 0.25) is 0 Å². The third-order valence-corrected chi connectivity index (χ3v) is 5.07. The van der Waals surface area contributed by atoms with E-state index in [9.17, 15) is 9.90 Å². The highest BCUT2D eigenvalue weighted by Gasteiger charge is 2.78. The van der Waals surface area contributed by atoms with Crippen LogP contribution < -0.4 is 5.32 Å². The number of amides is 1. The summed E-state index contributed by atoms with van der Waals surface area (Å²) in [5.74, 6) is -2.10. The average Bonchev–Trinajstić information content (AvgIpc) is 2.86. The van der Waals surface area contributed by atoms with Crippen molar-refractivity contribution >= 4 is 22.8 Å². The van der Waals surface area contributed by atoms with Gasteiger partial charge in [0.05, 0.1) is 24.0 Å². The highest BCUT2D eigenvalue weighted by Crippen LogP contribution is 2.65. The van der Waals surface area contributed by atoms with Crippen molar-refractivity contribution in [3.63, 3.8) is 0 Å². The van der Waals surface area contributed by atoms with Gasteiger partial charge in [0.25, 0.3) is 0 Å². The largest absolute Gasteiger partial charge is 0.394 e. The van der Waals surface area contributed by atoms with E-state index in [1.54, 1.807) is 23.8 Å². The van der Waals surface area contributed by atoms with Crippen LogP contribution in [0, 0.1) is 12.8 Å². The van der Waals surface area contributed by atoms with Crippen LogP contribution >= 0.6 is 0 Å². The normalized spacial score (nSPS) is 32.7. The number of ether oxygens (including phenoxy) is 1. The van der Waals surface area contributed by atoms with E-state index in [2.05, 4.69) is 15.3 Å². The molecule has 3 unspecified atom stereocenters. The van der Waals surface area contributed by atoms with Crippen molar-refractivity contribution in [2.24, 2.45) is 5.92 Å². The number of aryl methyl sites for hydroxylation is 1. The van der Waals surface area contributed by atoms with Gasteiger partial charge in [-0.15, -0.1) is 0 Å². The van der Waals surface area contributed by atoms with Gasteiger partial charge in [-0.1, -0.05) is 6.92 Å². The quantitative estimate of drug-likeness (QED) is 0.732. The van der Waals surface area contributed by atoms with Gasteiger partial charge in [-0.3, -0.25) is 4.79 Å². The van der Waals surface area contributed by atoms with E-state index >= 15 is 4.39 Å². The number of nitrogens with one attached hydrogen (secondary N) is 1. The Morgan fingerprint density at radius 2 is 2.27 bits per heavy atom. The molecule has 1 aliphatic carbocycles. The summed E-state index contributed by atoms with van der Waals surface area (Å²) in [6.45, 7) is 3.17. The first-order valence-corrected chi connectivity index (χ1v) is 8.71. The summed E-state index contributed by atoms with van der Waals surface area (Å²) in [5, 5.41) is 22.7. The summed E-state index contributed by atoms with van der Waals surface area (Å²) in [6.07, 6.45) is 0.756. The van der Waals surface area contributed by atoms with Crippen molar-refractivity contribution in [2.75, 3.05) is 11.9 Å². The standard InChI is InChI=1S/C17H21FN4O4/c1-3-4-11(24)21-15-9-5-6-22(16(9)20-8(2)19-15)14-12-13(25)10(7-23)26-17(12,14)18/h5-6,10,12-14,23,25H,3-4,7H2,1-2H3,(H,19,20,21,24)/t10-,12?,13?,14+,17?/m1/s1. The number of halogens is 1. The first-order chi connectivity index (χ1) is 12.4. The maximum Gasteiger partial charge on any atom is 0.238 e. The summed E-state index contributed by atoms with van der Waals surface area (Å²) in [4.78, 5) is 20.6. The van der Waals surface area contributed by atoms with Crippen LogP contribution in [0.1, 0.15) is 31.6 Å². The zero-order valence-electron chi connectivity index (χ0n) is 14.5. The lowest BCUT2D eigenvalue weighted by molar-refractivity contribution is -0.120. The molecule has 2 aromatic rings. The van der Waals surface area contributed by atoms with E-state index in [0.29, 0.717) is 29.1 Å². The van der Waals surface area contributed by atoms with E-state index in [0.717, 1.165) is 6.42 Å². The molecule has 0 radical (unpaired) electrons. The van der Waals surface area contributed by atoms with Gasteiger partial charge in [-0.2, -0.15) is 0 Å². The molecular formula is C17H21FN4O4. The lowest BCUT2D eigenvalue weighted by Crippen LogP contribution is -2.31. The van der Waals surface area contributed by atoms with Crippen LogP contribution in [0.4, 0.5) is 10.2 Å². The van der Waals surface area contributed by atoms with Crippen molar-refractivity contribution in [1.29, 1.82) is 0 Å². The number of carbonyl (C=O) groups is 1. The number of rotatable bonds is 5. The summed E-state index contributed by atoms with van der Waals surface area (Å²) < 4.78 is 21.9. The number of alkyl halides is 1. The number of aromatic nitrogens is 3. The Balaban J connectivity index is 1.69. The van der Waals surface area contributed by atoms with Crippen LogP contribution in [0.15, 0.2) is 12.3 Å². The number of aliphatic hydroxyl groups is 2. The predicted molar refractivity (Wildman–Crippen MR) is 90.1 cm³/mol. The summed E-state index contributed by atoms with van der Waals surface area (Å²) in [7, 11) is 0. The fourth-order valence-electron chi connectivity index (χ4n) is 3.83. The third-order valence-electron chi connectivity index (χ3n) is 5.07. The Morgan fingerprint density at radius 1 is 1.50 bits per heavy atom. The molecule has 0 bridgehead atoms. The van der Waals surface area contributed by atoms with E-state index in [-0.39, 0.29) is 5.91 Å². The number of hydrogen-bond donors (Lipinski definition) is 3. The molecular weight excluding hydrogens is 343 g/mol. The number of hydrogen-bond acceptors (Lipinski definition) is 6. The molecule has 1 saturated carbocycles. The minimum absolute atomic E-state index is 0.144. The van der Waals surface area contributed by atoms with Crippen molar-refractivity contribution in [1.82, 2.24) is 14.5 Å². The van der Waals surface area contributed by atoms with Gasteiger partial charge >= 0.3 is 0 Å². The molecule has 3 heterocycles. The topological polar surface area (TPSA) is 110 Å². The van der Waals surface area contributed by atoms with Gasteiger partial charge < -0.3 is 24.8 Å². The second-order valence-corrected chi connectivity index (χ2v) is 6.88. The van der Waals surface area contributed by atoms with E-state index in [1.807, 2.05) is 6.92 Å². The summed E-state index contributed by atoms with van der Waals surface area (Å²) >= 11 is 0. The molecule has 9 heteroatoms. The highest BCUT2D eigenvalue weighted by atomic mass is 19.2. The van der Waals surface area contributed by atoms with Gasteiger partial charge in [-0.25, -0.2) is 14.4 Å². The van der Waals surface area contributed by atoms with Crippen LogP contribution in [-0.4, -0.2) is 55.3 Å². The van der Waals surface area contributed by atoms with Crippen molar-refractivity contribution in [3.05, 3.63) is 18.1 Å². The molecule has 1 aliphatic heterocycles. The summed E-state index contributed by atoms with van der Waals surface area (Å²) in [6, 6.07) is 0.982. The zero-order valence-corrected chi connectivity index (χ0v) is 14.5. The third kappa shape index (κ3) is 2.42. The Morgan fingerprint density at radius 3 is 2.88 bits per heavy atom. The van der Waals surface area contributed by atoms with Gasteiger partial charge in [0.15, 0.2) is 0 Å². The fraction of sp³-hybridized carbons (Fsp3) is 0.588. The first kappa shape index (κ1) is 17.3. The lowest BCUT2D eigenvalue weighted by Gasteiger charge is -2.19. The fourth-order valence-corrected chi connectivity index (χ4v) is 3.83. The molecule has 5 atom stereocenters. The molecule has 0 spiro atoms. The Kier molecular flexibility index (Phi) is 3.98. The molecule has 0 aromatic carbocycles. The van der Waals surface area contributed by atoms with E-state index in [4.69, 9.17) is 9.84 Å². The van der Waals surface area contributed by atoms with Crippen LogP contribution in [0.5, 0.6) is 0 Å². The van der Waals surface area contributed by atoms with Crippen LogP contribution in [0.3, 0.4) is 0 Å². The monoisotopic (exact) mass is 364 g/mol. The Bertz CT molecular complexity index is 872. The molecule has 8 nitrogen and oxygen atoms in total. The molecule has 1 saturated heterocycles. The van der Waals surface area contributed by atoms with Crippen molar-refractivity contribution < 1.29 is 24.1 Å². The molecule has 2 fully saturated rings. The number of nitrogens with zero attached hydrogens (tertiary/aromatic N) is 3. The van der Waals surface area contributed by atoms with Gasteiger partial charge in [-0.05, 0) is 19.4 Å². The number of anilines is 1. The van der Waals surface area contributed by atoms with Crippen LogP contribution in [0.25, 0.3) is 11.0 Å². The van der Waals surface area contributed by atoms with Crippen LogP contribution in [-0.2, 0) is 9.53 Å². The highest BCUT2D eigenvalue weighted by molar-refractivity contribution is 5.98. The van der Waals surface area contributed by atoms with E-state index < -0.39 is 36.6 Å². The van der Waals surface area contributed by atoms with Crippen molar-refractivity contribution in [2.45, 2.75) is 50.8 Å². The maximum atomic E-state index is 15.0. The maximum absolute atomic E-state index is 15.0. The minimum atomic E-state index is -2.02. The minimum Gasteiger partial charge on any atom is -0.394 e. The lowest BCUT2D eigenvalue weighted by atomic mass is 10.1. The average molecular weight is 364 g/mol. The van der Waals surface area contributed by atoms with Crippen molar-refractivity contribution in [3.8, 4) is 0 Å². The van der Waals surface area contributed by atoms with Gasteiger partial charge in [0, 0.05) is 12.6 Å². The second-order valence-electron chi connectivity index (χ2n) is 6.88. The predicted octanol–water partition coefficient (Wildman–Crippen LogP) is 1.07. The molecule has 140 valence electrons. The van der Waals surface area contributed by atoms with Gasteiger partial charge in [0.2, 0.25) is 11.8 Å². The second kappa shape index (κ2) is 5.97. The smallest absolute Gasteiger partial charge is 0.238 e. The first-order valence-electron chi connectivity index (χ1n) is 8.71. The Hall–Kier alpha value is -2.10. The molecule has 1 amide bonds.